The summed E-state index contributed by atoms with van der Waals surface area (Å²) in [6, 6.07) is 15.0. The molecule has 1 aromatic heterocycles. The minimum absolute atomic E-state index is 0.0245. The van der Waals surface area contributed by atoms with Gasteiger partial charge in [0.2, 0.25) is 0 Å². The van der Waals surface area contributed by atoms with Crippen molar-refractivity contribution in [1.82, 2.24) is 10.3 Å². The molecule has 0 aliphatic carbocycles. The highest BCUT2D eigenvalue weighted by atomic mass is 35.5. The Bertz CT molecular complexity index is 1390. The number of rotatable bonds is 6. The van der Waals surface area contributed by atoms with Crippen molar-refractivity contribution in [2.45, 2.75) is 5.54 Å². The smallest absolute Gasteiger partial charge is 0.306 e. The van der Waals surface area contributed by atoms with Crippen LogP contribution in [0, 0.1) is 0 Å². The largest absolute Gasteiger partial charge is 0.497 e. The Hall–Kier alpha value is -3.63. The molecule has 1 unspecified atom stereocenters. The Balaban J connectivity index is 1.88. The average molecular weight is 487 g/mol. The summed E-state index contributed by atoms with van der Waals surface area (Å²) in [7, 11) is -2.28. The van der Waals surface area contributed by atoms with Gasteiger partial charge in [-0.15, -0.1) is 0 Å². The Labute approximate surface area is 195 Å². The first-order chi connectivity index (χ1) is 15.6. The van der Waals surface area contributed by atoms with Crippen LogP contribution in [0.3, 0.4) is 0 Å². The van der Waals surface area contributed by atoms with Gasteiger partial charge in [-0.25, -0.2) is 9.98 Å². The molecule has 3 N–H and O–H groups in total. The second-order valence-corrected chi connectivity index (χ2v) is 9.26. The van der Waals surface area contributed by atoms with Crippen LogP contribution in [-0.4, -0.2) is 38.6 Å². The molecule has 2 heterocycles. The van der Waals surface area contributed by atoms with Gasteiger partial charge in [-0.1, -0.05) is 29.8 Å². The molecule has 0 spiro atoms. The van der Waals surface area contributed by atoms with Crippen LogP contribution in [0.5, 0.6) is 11.5 Å². The highest BCUT2D eigenvalue weighted by molar-refractivity contribution is 7.86. The number of pyridine rings is 1. The van der Waals surface area contributed by atoms with Gasteiger partial charge in [-0.05, 0) is 52.6 Å². The molecule has 4 rings (SSSR count). The number of amides is 1. The van der Waals surface area contributed by atoms with Gasteiger partial charge in [0, 0.05) is 12.3 Å². The summed E-state index contributed by atoms with van der Waals surface area (Å²) < 4.78 is 33.6. The molecular weight excluding hydrogens is 468 g/mol. The molecule has 170 valence electrons. The lowest BCUT2D eigenvalue weighted by Gasteiger charge is -2.25. The average Bonchev–Trinajstić information content (AvgIpc) is 3.07. The number of aromatic nitrogens is 1. The molecule has 1 atom stereocenters. The summed E-state index contributed by atoms with van der Waals surface area (Å²) in [5.74, 6) is 0.0246. The lowest BCUT2D eigenvalue weighted by molar-refractivity contribution is -0.122. The summed E-state index contributed by atoms with van der Waals surface area (Å²) in [6.07, 6.45) is 2.44. The van der Waals surface area contributed by atoms with Crippen LogP contribution in [0.15, 0.2) is 65.8 Å². The number of methoxy groups -OCH3 is 1. The van der Waals surface area contributed by atoms with E-state index in [9.17, 15) is 13.2 Å². The maximum absolute atomic E-state index is 13.1. The van der Waals surface area contributed by atoms with Crippen LogP contribution in [0.25, 0.3) is 11.1 Å². The zero-order valence-electron chi connectivity index (χ0n) is 17.6. The van der Waals surface area contributed by atoms with Crippen LogP contribution in [-0.2, 0) is 20.5 Å². The fourth-order valence-electron chi connectivity index (χ4n) is 3.65. The molecule has 3 aromatic rings. The normalized spacial score (nSPS) is 17.9. The molecule has 2 aromatic carbocycles. The van der Waals surface area contributed by atoms with E-state index in [2.05, 4.69) is 15.3 Å². The molecule has 9 nitrogen and oxygen atoms in total. The number of carbonyl (C=O) groups excluding carboxylic acids is 1. The molecule has 0 bridgehead atoms. The SMILES string of the molecule is COc1cc(OS(C)(=O)=O)cc(-c2cccc(C3(c4ccnc(Cl)c4)N=C(N)NC3=O)c2)c1. The van der Waals surface area contributed by atoms with Crippen molar-refractivity contribution in [1.29, 1.82) is 0 Å². The highest BCUT2D eigenvalue weighted by Crippen LogP contribution is 2.39. The van der Waals surface area contributed by atoms with E-state index in [1.165, 1.54) is 19.4 Å². The molecule has 11 heteroatoms. The van der Waals surface area contributed by atoms with Crippen molar-refractivity contribution >= 4 is 33.6 Å². The summed E-state index contributed by atoms with van der Waals surface area (Å²) >= 11 is 6.09. The molecule has 0 radical (unpaired) electrons. The fraction of sp³-hybridized carbons (Fsp3) is 0.136. The number of hydrogen-bond donors (Lipinski definition) is 2. The number of ether oxygens (including phenoxy) is 1. The molecule has 0 saturated carbocycles. The van der Waals surface area contributed by atoms with Crippen LogP contribution >= 0.6 is 11.6 Å². The van der Waals surface area contributed by atoms with Crippen LogP contribution < -0.4 is 20.0 Å². The lowest BCUT2D eigenvalue weighted by atomic mass is 9.82. The maximum atomic E-state index is 13.1. The van der Waals surface area contributed by atoms with Crippen molar-refractivity contribution in [2.24, 2.45) is 10.7 Å². The number of carbonyl (C=O) groups is 1. The van der Waals surface area contributed by atoms with E-state index in [0.29, 0.717) is 28.0 Å². The van der Waals surface area contributed by atoms with Crippen molar-refractivity contribution in [3.8, 4) is 22.6 Å². The number of guanidine groups is 1. The van der Waals surface area contributed by atoms with Crippen LogP contribution in [0.2, 0.25) is 5.15 Å². The van der Waals surface area contributed by atoms with Gasteiger partial charge in [0.1, 0.15) is 16.7 Å². The first-order valence-electron chi connectivity index (χ1n) is 9.59. The fourth-order valence-corrected chi connectivity index (χ4v) is 4.27. The second-order valence-electron chi connectivity index (χ2n) is 7.29. The van der Waals surface area contributed by atoms with Gasteiger partial charge in [0.25, 0.3) is 5.91 Å². The van der Waals surface area contributed by atoms with Gasteiger partial charge < -0.3 is 14.7 Å². The number of halogens is 1. The van der Waals surface area contributed by atoms with Gasteiger partial charge in [0.05, 0.1) is 13.4 Å². The number of aliphatic imine (C=N–C) groups is 1. The first kappa shape index (κ1) is 22.6. The van der Waals surface area contributed by atoms with E-state index in [0.717, 1.165) is 6.26 Å². The number of benzene rings is 2. The Morgan fingerprint density at radius 3 is 2.39 bits per heavy atom. The van der Waals surface area contributed by atoms with Gasteiger partial charge >= 0.3 is 10.1 Å². The maximum Gasteiger partial charge on any atom is 0.306 e. The quantitative estimate of drug-likeness (QED) is 0.403. The van der Waals surface area contributed by atoms with E-state index in [-0.39, 0.29) is 16.9 Å². The number of nitrogens with one attached hydrogen (secondary N) is 1. The van der Waals surface area contributed by atoms with E-state index in [1.54, 1.807) is 48.5 Å². The molecule has 1 amide bonds. The molecule has 33 heavy (non-hydrogen) atoms. The standard InChI is InChI=1S/C22H19ClN4O5S/c1-31-17-9-14(10-18(12-17)32-33(2,29)30)13-4-3-5-15(8-13)22(20(28)26-21(24)27-22)16-6-7-25-19(23)11-16/h3-12H,1-2H3,(H3,24,26,27,28). The number of nitrogens with zero attached hydrogens (tertiary/aromatic N) is 2. The van der Waals surface area contributed by atoms with E-state index < -0.39 is 21.6 Å². The summed E-state index contributed by atoms with van der Waals surface area (Å²) in [6.45, 7) is 0. The number of hydrogen-bond acceptors (Lipinski definition) is 8. The van der Waals surface area contributed by atoms with Crippen molar-refractivity contribution in [3.63, 3.8) is 0 Å². The second kappa shape index (κ2) is 8.38. The summed E-state index contributed by atoms with van der Waals surface area (Å²) in [4.78, 5) is 21.5. The van der Waals surface area contributed by atoms with Gasteiger partial charge in [0.15, 0.2) is 11.5 Å². The predicted molar refractivity (Wildman–Crippen MR) is 124 cm³/mol. The van der Waals surface area contributed by atoms with E-state index in [1.807, 2.05) is 0 Å². The Morgan fingerprint density at radius 1 is 1.03 bits per heavy atom. The molecular formula is C22H19ClN4O5S. The monoisotopic (exact) mass is 486 g/mol. The third-order valence-corrected chi connectivity index (χ3v) is 5.68. The summed E-state index contributed by atoms with van der Waals surface area (Å²) in [5, 5.41) is 2.76. The van der Waals surface area contributed by atoms with E-state index >= 15 is 0 Å². The number of nitrogens with two attached hydrogens (primary N) is 1. The summed E-state index contributed by atoms with van der Waals surface area (Å²) in [5.41, 5.74) is 6.67. The predicted octanol–water partition coefficient (Wildman–Crippen LogP) is 2.44. The Kier molecular flexibility index (Phi) is 5.73. The Morgan fingerprint density at radius 2 is 1.76 bits per heavy atom. The lowest BCUT2D eigenvalue weighted by Crippen LogP contribution is -2.39. The zero-order chi connectivity index (χ0) is 23.8. The highest BCUT2D eigenvalue weighted by Gasteiger charge is 2.47. The third kappa shape index (κ3) is 4.48. The molecule has 0 fully saturated rings. The van der Waals surface area contributed by atoms with Gasteiger partial charge in [-0.2, -0.15) is 8.42 Å². The molecule has 1 aliphatic rings. The molecule has 0 saturated heterocycles. The third-order valence-electron chi connectivity index (χ3n) is 4.98. The van der Waals surface area contributed by atoms with Crippen molar-refractivity contribution in [3.05, 3.63) is 77.1 Å². The van der Waals surface area contributed by atoms with Crippen molar-refractivity contribution < 1.29 is 22.1 Å². The van der Waals surface area contributed by atoms with E-state index in [4.69, 9.17) is 26.3 Å². The minimum Gasteiger partial charge on any atom is -0.497 e. The minimum atomic E-state index is -3.74. The molecule has 1 aliphatic heterocycles. The zero-order valence-corrected chi connectivity index (χ0v) is 19.1. The first-order valence-corrected chi connectivity index (χ1v) is 11.8. The van der Waals surface area contributed by atoms with Crippen molar-refractivity contribution in [2.75, 3.05) is 13.4 Å². The topological polar surface area (TPSA) is 133 Å². The van der Waals surface area contributed by atoms with Crippen LogP contribution in [0.4, 0.5) is 0 Å². The van der Waals surface area contributed by atoms with Crippen LogP contribution in [0.1, 0.15) is 11.1 Å². The van der Waals surface area contributed by atoms with Gasteiger partial charge in [-0.3, -0.25) is 10.1 Å².